The van der Waals surface area contributed by atoms with Gasteiger partial charge in [0, 0.05) is 11.3 Å². The average molecular weight is 418 g/mol. The zero-order chi connectivity index (χ0) is 21.6. The molecule has 2 rings (SSSR count). The second-order valence-corrected chi connectivity index (χ2v) is 8.08. The van der Waals surface area contributed by atoms with Crippen LogP contribution in [0.2, 0.25) is 0 Å². The summed E-state index contributed by atoms with van der Waals surface area (Å²) in [6.45, 7) is 4.09. The van der Waals surface area contributed by atoms with Gasteiger partial charge in [-0.05, 0) is 45.0 Å². The molecule has 1 unspecified atom stereocenters. The van der Waals surface area contributed by atoms with Gasteiger partial charge in [0.05, 0.1) is 4.90 Å². The number of esters is 1. The first kappa shape index (κ1) is 22.3. The Kier molecular flexibility index (Phi) is 7.24. The van der Waals surface area contributed by atoms with Gasteiger partial charge >= 0.3 is 5.97 Å². The van der Waals surface area contributed by atoms with Crippen molar-refractivity contribution in [1.29, 1.82) is 0 Å². The van der Waals surface area contributed by atoms with Gasteiger partial charge in [-0.2, -0.15) is 4.72 Å². The predicted molar refractivity (Wildman–Crippen MR) is 107 cm³/mol. The van der Waals surface area contributed by atoms with Crippen LogP contribution in [0.4, 0.5) is 5.69 Å². The lowest BCUT2D eigenvalue weighted by Crippen LogP contribution is -2.42. The van der Waals surface area contributed by atoms with Crippen molar-refractivity contribution in [3.05, 3.63) is 60.2 Å². The third-order valence-corrected chi connectivity index (χ3v) is 5.49. The smallest absolute Gasteiger partial charge is 0.324 e. The molecule has 2 aromatic rings. The lowest BCUT2D eigenvalue weighted by molar-refractivity contribution is -0.154. The highest BCUT2D eigenvalue weighted by molar-refractivity contribution is 7.89. The maximum absolute atomic E-state index is 12.3. The van der Waals surface area contributed by atoms with Crippen molar-refractivity contribution in [1.82, 2.24) is 4.72 Å². The third kappa shape index (κ3) is 6.23. The molecule has 0 bridgehead atoms. The summed E-state index contributed by atoms with van der Waals surface area (Å²) in [7, 11) is -3.91. The van der Waals surface area contributed by atoms with Crippen molar-refractivity contribution < 1.29 is 27.5 Å². The maximum Gasteiger partial charge on any atom is 0.324 e. The molecule has 2 atom stereocenters. The standard InChI is InChI=1S/C20H22N2O6S/c1-13(22-29(26,27)18-10-5-4-6-11-18)20(25)28-15(3)19(24)21-17-9-7-8-16(12-17)14(2)23/h4-13,15,22H,1-3H3,(H,21,24)/t13-,15?/m0/s1. The molecule has 0 saturated carbocycles. The Morgan fingerprint density at radius 3 is 2.24 bits per heavy atom. The number of nitrogens with one attached hydrogen (secondary N) is 2. The maximum atomic E-state index is 12.3. The zero-order valence-electron chi connectivity index (χ0n) is 16.2. The summed E-state index contributed by atoms with van der Waals surface area (Å²) < 4.78 is 31.8. The largest absolute Gasteiger partial charge is 0.451 e. The van der Waals surface area contributed by atoms with E-state index in [2.05, 4.69) is 10.0 Å². The molecule has 2 N–H and O–H groups in total. The first-order valence-electron chi connectivity index (χ1n) is 8.80. The summed E-state index contributed by atoms with van der Waals surface area (Å²) in [6, 6.07) is 12.7. The summed E-state index contributed by atoms with van der Waals surface area (Å²) in [5, 5.41) is 2.55. The minimum atomic E-state index is -3.91. The van der Waals surface area contributed by atoms with Gasteiger partial charge in [0.15, 0.2) is 11.9 Å². The summed E-state index contributed by atoms with van der Waals surface area (Å²) in [5.41, 5.74) is 0.805. The van der Waals surface area contributed by atoms with E-state index >= 15 is 0 Å². The minimum absolute atomic E-state index is 0.01000. The van der Waals surface area contributed by atoms with Crippen LogP contribution >= 0.6 is 0 Å². The highest BCUT2D eigenvalue weighted by atomic mass is 32.2. The lowest BCUT2D eigenvalue weighted by atomic mass is 10.1. The SMILES string of the molecule is CC(=O)c1cccc(NC(=O)C(C)OC(=O)[C@H](C)NS(=O)(=O)c2ccccc2)c1. The molecule has 0 aliphatic carbocycles. The van der Waals surface area contributed by atoms with Crippen LogP contribution in [0, 0.1) is 0 Å². The molecule has 0 aliphatic heterocycles. The number of hydrogen-bond acceptors (Lipinski definition) is 6. The Labute approximate surface area is 169 Å². The van der Waals surface area contributed by atoms with E-state index in [1.54, 1.807) is 36.4 Å². The number of rotatable bonds is 8. The fourth-order valence-electron chi connectivity index (χ4n) is 2.34. The summed E-state index contributed by atoms with van der Waals surface area (Å²) in [4.78, 5) is 35.9. The molecule has 9 heteroatoms. The van der Waals surface area contributed by atoms with Gasteiger partial charge in [-0.3, -0.25) is 14.4 Å². The molecule has 0 fully saturated rings. The summed E-state index contributed by atoms with van der Waals surface area (Å²) >= 11 is 0. The number of Topliss-reactive ketones (excluding diaryl/α,β-unsaturated/α-hetero) is 1. The van der Waals surface area contributed by atoms with Gasteiger partial charge in [-0.15, -0.1) is 0 Å². The second-order valence-electron chi connectivity index (χ2n) is 6.36. The average Bonchev–Trinajstić information content (AvgIpc) is 2.68. The molecule has 0 aliphatic rings. The van der Waals surface area contributed by atoms with Crippen molar-refractivity contribution >= 4 is 33.4 Å². The molecule has 0 spiro atoms. The van der Waals surface area contributed by atoms with Crippen molar-refractivity contribution in [2.24, 2.45) is 0 Å². The Bertz CT molecular complexity index is 1000. The molecule has 1 amide bonds. The van der Waals surface area contributed by atoms with Crippen LogP contribution in [0.3, 0.4) is 0 Å². The van der Waals surface area contributed by atoms with E-state index < -0.39 is 34.0 Å². The summed E-state index contributed by atoms with van der Waals surface area (Å²) in [6.07, 6.45) is -1.17. The number of ether oxygens (including phenoxy) is 1. The van der Waals surface area contributed by atoms with E-state index in [0.29, 0.717) is 11.3 Å². The molecule has 0 radical (unpaired) electrons. The number of amides is 1. The van der Waals surface area contributed by atoms with Crippen molar-refractivity contribution in [3.63, 3.8) is 0 Å². The van der Waals surface area contributed by atoms with Crippen LogP contribution in [0.1, 0.15) is 31.1 Å². The number of ketones is 1. The molecule has 29 heavy (non-hydrogen) atoms. The van der Waals surface area contributed by atoms with Gasteiger partial charge in [-0.25, -0.2) is 8.42 Å². The van der Waals surface area contributed by atoms with Crippen LogP contribution in [0.25, 0.3) is 0 Å². The topological polar surface area (TPSA) is 119 Å². The highest BCUT2D eigenvalue weighted by Crippen LogP contribution is 2.13. The molecule has 0 heterocycles. The summed E-state index contributed by atoms with van der Waals surface area (Å²) in [5.74, 6) is -1.66. The van der Waals surface area contributed by atoms with E-state index in [1.807, 2.05) is 0 Å². The number of carbonyl (C=O) groups is 3. The van der Waals surface area contributed by atoms with Crippen molar-refractivity contribution in [2.45, 2.75) is 37.8 Å². The Hall–Kier alpha value is -3.04. The molecule has 0 aromatic heterocycles. The second kappa shape index (κ2) is 9.44. The fraction of sp³-hybridized carbons (Fsp3) is 0.250. The third-order valence-electron chi connectivity index (χ3n) is 3.94. The van der Waals surface area contributed by atoms with Gasteiger partial charge in [0.1, 0.15) is 6.04 Å². The van der Waals surface area contributed by atoms with Gasteiger partial charge in [-0.1, -0.05) is 30.3 Å². The van der Waals surface area contributed by atoms with E-state index in [0.717, 1.165) is 0 Å². The number of benzene rings is 2. The van der Waals surface area contributed by atoms with Crippen LogP contribution in [0.15, 0.2) is 59.5 Å². The molecule has 8 nitrogen and oxygen atoms in total. The monoisotopic (exact) mass is 418 g/mol. The fourth-order valence-corrected chi connectivity index (χ4v) is 3.55. The van der Waals surface area contributed by atoms with Crippen molar-refractivity contribution in [2.75, 3.05) is 5.32 Å². The number of anilines is 1. The number of hydrogen-bond donors (Lipinski definition) is 2. The predicted octanol–water partition coefficient (Wildman–Crippen LogP) is 2.13. The first-order chi connectivity index (χ1) is 13.6. The van der Waals surface area contributed by atoms with E-state index in [-0.39, 0.29) is 10.7 Å². The number of sulfonamides is 1. The quantitative estimate of drug-likeness (QED) is 0.501. The van der Waals surface area contributed by atoms with Gasteiger partial charge in [0.2, 0.25) is 10.0 Å². The van der Waals surface area contributed by atoms with E-state index in [4.69, 9.17) is 4.74 Å². The Morgan fingerprint density at radius 2 is 1.62 bits per heavy atom. The normalized spacial score (nSPS) is 13.2. The molecular formula is C20H22N2O6S. The first-order valence-corrected chi connectivity index (χ1v) is 10.3. The lowest BCUT2D eigenvalue weighted by Gasteiger charge is -2.18. The van der Waals surface area contributed by atoms with Crippen LogP contribution in [-0.2, 0) is 24.3 Å². The minimum Gasteiger partial charge on any atom is -0.451 e. The molecule has 2 aromatic carbocycles. The van der Waals surface area contributed by atoms with Crippen LogP contribution in [-0.4, -0.2) is 38.2 Å². The highest BCUT2D eigenvalue weighted by Gasteiger charge is 2.26. The van der Waals surface area contributed by atoms with Crippen LogP contribution in [0.5, 0.6) is 0 Å². The molecule has 0 saturated heterocycles. The van der Waals surface area contributed by atoms with Gasteiger partial charge < -0.3 is 10.1 Å². The van der Waals surface area contributed by atoms with Crippen molar-refractivity contribution in [3.8, 4) is 0 Å². The molecule has 154 valence electrons. The van der Waals surface area contributed by atoms with E-state index in [9.17, 15) is 22.8 Å². The zero-order valence-corrected chi connectivity index (χ0v) is 17.0. The molecular weight excluding hydrogens is 396 g/mol. The Balaban J connectivity index is 1.96. The van der Waals surface area contributed by atoms with E-state index in [1.165, 1.54) is 39.0 Å². The number of carbonyl (C=O) groups excluding carboxylic acids is 3. The van der Waals surface area contributed by atoms with Gasteiger partial charge in [0.25, 0.3) is 5.91 Å². The Morgan fingerprint density at radius 1 is 0.966 bits per heavy atom. The van der Waals surface area contributed by atoms with Crippen LogP contribution < -0.4 is 10.0 Å².